The summed E-state index contributed by atoms with van der Waals surface area (Å²) in [6.07, 6.45) is 3.78. The van der Waals surface area contributed by atoms with Crippen molar-refractivity contribution in [3.63, 3.8) is 0 Å². The summed E-state index contributed by atoms with van der Waals surface area (Å²) in [5, 5.41) is 11.7. The van der Waals surface area contributed by atoms with Gasteiger partial charge in [0.25, 0.3) is 5.91 Å². The molecule has 4 rings (SSSR count). The zero-order valence-corrected chi connectivity index (χ0v) is 19.1. The lowest BCUT2D eigenvalue weighted by Crippen LogP contribution is -2.31. The van der Waals surface area contributed by atoms with Gasteiger partial charge in [0, 0.05) is 45.6 Å². The molecule has 172 valence electrons. The van der Waals surface area contributed by atoms with Gasteiger partial charge in [0.15, 0.2) is 6.61 Å². The van der Waals surface area contributed by atoms with Gasteiger partial charge >= 0.3 is 0 Å². The minimum absolute atomic E-state index is 0.00671. The molecule has 7 nitrogen and oxygen atoms in total. The summed E-state index contributed by atoms with van der Waals surface area (Å²) in [4.78, 5) is 14.5. The first-order chi connectivity index (χ1) is 16.2. The number of nitrogens with one attached hydrogen (secondary N) is 1. The lowest BCUT2D eigenvalue weighted by molar-refractivity contribution is -0.123. The topological polar surface area (TPSA) is 72.3 Å². The Morgan fingerprint density at radius 1 is 1.03 bits per heavy atom. The van der Waals surface area contributed by atoms with Gasteiger partial charge in [0.05, 0.1) is 0 Å². The van der Waals surface area contributed by atoms with Gasteiger partial charge in [-0.15, -0.1) is 10.2 Å². The number of rotatable bonds is 9. The summed E-state index contributed by atoms with van der Waals surface area (Å²) in [5.41, 5.74) is 2.58. The highest BCUT2D eigenvalue weighted by atomic mass is 16.5. The third-order valence-electron chi connectivity index (χ3n) is 5.67. The van der Waals surface area contributed by atoms with Gasteiger partial charge in [0.1, 0.15) is 17.4 Å². The van der Waals surface area contributed by atoms with E-state index in [0.29, 0.717) is 18.7 Å². The van der Waals surface area contributed by atoms with Gasteiger partial charge in [-0.1, -0.05) is 60.2 Å². The van der Waals surface area contributed by atoms with E-state index >= 15 is 0 Å². The molecule has 0 bridgehead atoms. The third kappa shape index (κ3) is 6.76. The lowest BCUT2D eigenvalue weighted by atomic mass is 10.1. The Hall–Kier alpha value is -3.45. The van der Waals surface area contributed by atoms with Crippen LogP contribution in [0.3, 0.4) is 0 Å². The summed E-state index contributed by atoms with van der Waals surface area (Å²) in [5.74, 6) is 2.50. The Morgan fingerprint density at radius 3 is 2.58 bits per heavy atom. The molecule has 1 aromatic heterocycles. The van der Waals surface area contributed by atoms with E-state index in [1.165, 1.54) is 11.1 Å². The van der Waals surface area contributed by atoms with E-state index in [1.54, 1.807) is 0 Å². The van der Waals surface area contributed by atoms with Gasteiger partial charge in [-0.25, -0.2) is 0 Å². The minimum Gasteiger partial charge on any atom is -0.484 e. The number of carbonyl (C=O) groups excluding carboxylic acids is 1. The maximum atomic E-state index is 12.1. The quantitative estimate of drug-likeness (QED) is 0.548. The largest absolute Gasteiger partial charge is 0.484 e. The van der Waals surface area contributed by atoms with Crippen LogP contribution < -0.4 is 10.1 Å². The standard InChI is InChI=1S/C26H31N5O2/c1-21(18-22-8-4-2-5-9-22)19-30-15-13-25-29-28-24(31(25)17-16-30)12-14-27-26(32)20-33-23-10-6-3-7-11-23/h2-11,18H,12-17,19-20H2,1H3,(H,27,32). The van der Waals surface area contributed by atoms with Gasteiger partial charge in [0.2, 0.25) is 0 Å². The van der Waals surface area contributed by atoms with E-state index in [9.17, 15) is 4.79 Å². The zero-order chi connectivity index (χ0) is 22.9. The van der Waals surface area contributed by atoms with Gasteiger partial charge in [-0.2, -0.15) is 0 Å². The van der Waals surface area contributed by atoms with Crippen LogP contribution in [0.25, 0.3) is 6.08 Å². The second kappa shape index (κ2) is 11.4. The smallest absolute Gasteiger partial charge is 0.257 e. The average Bonchev–Trinajstić information content (AvgIpc) is 3.11. The highest BCUT2D eigenvalue weighted by Gasteiger charge is 2.18. The second-order valence-corrected chi connectivity index (χ2v) is 8.31. The second-order valence-electron chi connectivity index (χ2n) is 8.31. The highest BCUT2D eigenvalue weighted by molar-refractivity contribution is 5.77. The van der Waals surface area contributed by atoms with E-state index in [1.807, 2.05) is 36.4 Å². The fourth-order valence-corrected chi connectivity index (χ4v) is 4.03. The fraction of sp³-hybridized carbons (Fsp3) is 0.346. The van der Waals surface area contributed by atoms with Crippen LogP contribution in [0.4, 0.5) is 0 Å². The molecular weight excluding hydrogens is 414 g/mol. The molecule has 1 amide bonds. The van der Waals surface area contributed by atoms with Crippen molar-refractivity contribution in [2.45, 2.75) is 26.3 Å². The van der Waals surface area contributed by atoms with Gasteiger partial charge in [-0.05, 0) is 24.6 Å². The predicted octanol–water partition coefficient (Wildman–Crippen LogP) is 2.98. The molecule has 1 N–H and O–H groups in total. The Kier molecular flexibility index (Phi) is 7.87. The zero-order valence-electron chi connectivity index (χ0n) is 19.1. The molecule has 0 spiro atoms. The molecule has 0 saturated heterocycles. The molecule has 0 aliphatic carbocycles. The molecule has 0 radical (unpaired) electrons. The van der Waals surface area contributed by atoms with Crippen LogP contribution in [-0.4, -0.2) is 58.4 Å². The number of hydrogen-bond acceptors (Lipinski definition) is 5. The predicted molar refractivity (Wildman–Crippen MR) is 129 cm³/mol. The summed E-state index contributed by atoms with van der Waals surface area (Å²) in [6.45, 7) is 6.43. The molecule has 0 saturated carbocycles. The molecule has 3 aromatic rings. The molecule has 1 aliphatic rings. The van der Waals surface area contributed by atoms with Crippen LogP contribution >= 0.6 is 0 Å². The fourth-order valence-electron chi connectivity index (χ4n) is 4.03. The van der Waals surface area contributed by atoms with Crippen molar-refractivity contribution in [3.8, 4) is 5.75 Å². The Balaban J connectivity index is 1.23. The number of amides is 1. The van der Waals surface area contributed by atoms with Crippen molar-refractivity contribution < 1.29 is 9.53 Å². The van der Waals surface area contributed by atoms with E-state index in [4.69, 9.17) is 4.74 Å². The summed E-state index contributed by atoms with van der Waals surface area (Å²) in [6, 6.07) is 19.8. The van der Waals surface area contributed by atoms with Gasteiger partial charge in [-0.3, -0.25) is 9.69 Å². The summed E-state index contributed by atoms with van der Waals surface area (Å²) >= 11 is 0. The Bertz CT molecular complexity index is 1060. The first-order valence-corrected chi connectivity index (χ1v) is 11.5. The highest BCUT2D eigenvalue weighted by Crippen LogP contribution is 2.13. The van der Waals surface area contributed by atoms with Crippen LogP contribution in [0.5, 0.6) is 5.75 Å². The van der Waals surface area contributed by atoms with Crippen molar-refractivity contribution in [2.75, 3.05) is 32.8 Å². The number of nitrogens with zero attached hydrogens (tertiary/aromatic N) is 4. The first kappa shape index (κ1) is 22.7. The lowest BCUT2D eigenvalue weighted by Gasteiger charge is -2.20. The molecule has 2 aromatic carbocycles. The molecule has 2 heterocycles. The number of ether oxygens (including phenoxy) is 1. The number of benzene rings is 2. The molecule has 7 heteroatoms. The monoisotopic (exact) mass is 445 g/mol. The van der Waals surface area contributed by atoms with Crippen LogP contribution in [0.2, 0.25) is 0 Å². The number of aromatic nitrogens is 3. The maximum Gasteiger partial charge on any atom is 0.257 e. The van der Waals surface area contributed by atoms with E-state index in [-0.39, 0.29) is 12.5 Å². The van der Waals surface area contributed by atoms with Crippen LogP contribution in [0.1, 0.15) is 24.1 Å². The summed E-state index contributed by atoms with van der Waals surface area (Å²) < 4.78 is 7.70. The van der Waals surface area contributed by atoms with Crippen molar-refractivity contribution >= 4 is 12.0 Å². The molecule has 0 unspecified atom stereocenters. The number of fused-ring (bicyclic) bond motifs is 1. The minimum atomic E-state index is -0.138. The van der Waals surface area contributed by atoms with Crippen molar-refractivity contribution in [1.29, 1.82) is 0 Å². The van der Waals surface area contributed by atoms with Crippen molar-refractivity contribution in [1.82, 2.24) is 25.0 Å². The molecule has 0 atom stereocenters. The SMILES string of the molecule is CC(=Cc1ccccc1)CN1CCc2nnc(CCNC(=O)COc3ccccc3)n2CC1. The first-order valence-electron chi connectivity index (χ1n) is 11.5. The maximum absolute atomic E-state index is 12.1. The molecule has 33 heavy (non-hydrogen) atoms. The van der Waals surface area contributed by atoms with Crippen LogP contribution in [0.15, 0.2) is 66.2 Å². The van der Waals surface area contributed by atoms with Crippen LogP contribution in [-0.2, 0) is 24.2 Å². The van der Waals surface area contributed by atoms with E-state index in [2.05, 4.69) is 62.2 Å². The van der Waals surface area contributed by atoms with E-state index in [0.717, 1.165) is 44.2 Å². The van der Waals surface area contributed by atoms with Gasteiger partial charge < -0.3 is 14.6 Å². The van der Waals surface area contributed by atoms with E-state index < -0.39 is 0 Å². The number of hydrogen-bond donors (Lipinski definition) is 1. The van der Waals surface area contributed by atoms with Crippen molar-refractivity contribution in [3.05, 3.63) is 83.4 Å². The Morgan fingerprint density at radius 2 is 1.79 bits per heavy atom. The number of carbonyl (C=O) groups is 1. The third-order valence-corrected chi connectivity index (χ3v) is 5.67. The molecule has 1 aliphatic heterocycles. The number of para-hydroxylation sites is 1. The molecule has 0 fully saturated rings. The average molecular weight is 446 g/mol. The summed E-state index contributed by atoms with van der Waals surface area (Å²) in [7, 11) is 0. The normalized spacial score (nSPS) is 14.4. The van der Waals surface area contributed by atoms with Crippen molar-refractivity contribution in [2.24, 2.45) is 0 Å². The Labute approximate surface area is 195 Å². The molecular formula is C26H31N5O2. The van der Waals surface area contributed by atoms with Crippen LogP contribution in [0, 0.1) is 0 Å².